The van der Waals surface area contributed by atoms with Crippen molar-refractivity contribution in [2.75, 3.05) is 19.7 Å². The van der Waals surface area contributed by atoms with E-state index in [0.29, 0.717) is 24.3 Å². The topological polar surface area (TPSA) is 51.1 Å². The Bertz CT molecular complexity index is 606. The Balaban J connectivity index is 1.49. The zero-order valence-corrected chi connectivity index (χ0v) is 16.3. The molecule has 5 nitrogen and oxygen atoms in total. The molecule has 3 atom stereocenters. The van der Waals surface area contributed by atoms with Gasteiger partial charge in [-0.15, -0.1) is 11.8 Å². The molecule has 0 saturated carbocycles. The molecular formula is C19H28N2O3S. The fourth-order valence-electron chi connectivity index (χ4n) is 3.28. The van der Waals surface area contributed by atoms with Crippen molar-refractivity contribution in [1.29, 1.82) is 0 Å². The zero-order chi connectivity index (χ0) is 18.0. The van der Waals surface area contributed by atoms with E-state index in [4.69, 9.17) is 9.47 Å². The highest BCUT2D eigenvalue weighted by Gasteiger charge is 2.30. The second kappa shape index (κ2) is 7.44. The first-order chi connectivity index (χ1) is 11.8. The molecule has 138 valence electrons. The summed E-state index contributed by atoms with van der Waals surface area (Å²) < 4.78 is 11.5. The number of carbonyl (C=O) groups is 1. The van der Waals surface area contributed by atoms with Gasteiger partial charge in [-0.2, -0.15) is 0 Å². The van der Waals surface area contributed by atoms with Gasteiger partial charge >= 0.3 is 6.09 Å². The number of hydrogen-bond acceptors (Lipinski definition) is 5. The van der Waals surface area contributed by atoms with Crippen molar-refractivity contribution in [1.82, 2.24) is 4.90 Å². The Hall–Kier alpha value is -1.43. The highest BCUT2D eigenvalue weighted by atomic mass is 32.2. The van der Waals surface area contributed by atoms with E-state index in [1.165, 1.54) is 0 Å². The summed E-state index contributed by atoms with van der Waals surface area (Å²) in [6.45, 7) is 9.84. The van der Waals surface area contributed by atoms with Crippen molar-refractivity contribution < 1.29 is 14.3 Å². The van der Waals surface area contributed by atoms with Crippen LogP contribution in [0.25, 0.3) is 0 Å². The van der Waals surface area contributed by atoms with Gasteiger partial charge in [-0.1, -0.05) is 6.08 Å². The summed E-state index contributed by atoms with van der Waals surface area (Å²) in [6.07, 6.45) is 8.20. The van der Waals surface area contributed by atoms with Gasteiger partial charge in [0.25, 0.3) is 0 Å². The number of allylic oxidation sites excluding steroid dienone is 1. The van der Waals surface area contributed by atoms with Gasteiger partial charge in [0.15, 0.2) is 0 Å². The maximum atomic E-state index is 12.2. The molecule has 0 aromatic rings. The molecule has 25 heavy (non-hydrogen) atoms. The van der Waals surface area contributed by atoms with Crippen molar-refractivity contribution in [2.45, 2.75) is 57.4 Å². The maximum Gasteiger partial charge on any atom is 0.410 e. The Labute approximate surface area is 154 Å². The summed E-state index contributed by atoms with van der Waals surface area (Å²) in [5.74, 6) is 1.24. The molecule has 0 aromatic heterocycles. The normalized spacial score (nSPS) is 29.0. The van der Waals surface area contributed by atoms with E-state index in [9.17, 15) is 4.79 Å². The second-order valence-corrected chi connectivity index (χ2v) is 9.27. The quantitative estimate of drug-likeness (QED) is 0.759. The number of nitrogens with zero attached hydrogens (tertiary/aromatic N) is 2. The number of piperidine rings is 1. The van der Waals surface area contributed by atoms with E-state index in [2.05, 4.69) is 30.1 Å². The third kappa shape index (κ3) is 5.03. The van der Waals surface area contributed by atoms with E-state index >= 15 is 0 Å². The van der Waals surface area contributed by atoms with Crippen molar-refractivity contribution in [3.05, 3.63) is 24.0 Å². The van der Waals surface area contributed by atoms with Gasteiger partial charge in [0.2, 0.25) is 0 Å². The molecule has 3 aliphatic rings. The van der Waals surface area contributed by atoms with Gasteiger partial charge < -0.3 is 14.4 Å². The molecule has 1 fully saturated rings. The van der Waals surface area contributed by atoms with Crippen LogP contribution in [0.3, 0.4) is 0 Å². The number of ether oxygens (including phenoxy) is 2. The van der Waals surface area contributed by atoms with Crippen molar-refractivity contribution in [2.24, 2.45) is 10.9 Å². The fraction of sp³-hybridized carbons (Fsp3) is 0.684. The van der Waals surface area contributed by atoms with E-state index < -0.39 is 5.60 Å². The van der Waals surface area contributed by atoms with E-state index in [0.717, 1.165) is 30.2 Å². The summed E-state index contributed by atoms with van der Waals surface area (Å²) in [7, 11) is 0. The number of amides is 1. The van der Waals surface area contributed by atoms with E-state index in [1.807, 2.05) is 37.4 Å². The minimum atomic E-state index is -0.452. The number of aliphatic imine (C=N–C) groups is 1. The van der Waals surface area contributed by atoms with Crippen molar-refractivity contribution in [3.63, 3.8) is 0 Å². The van der Waals surface area contributed by atoms with Gasteiger partial charge in [-0.3, -0.25) is 4.99 Å². The second-order valence-electron chi connectivity index (χ2n) is 7.89. The average molecular weight is 365 g/mol. The van der Waals surface area contributed by atoms with Crippen molar-refractivity contribution >= 4 is 22.9 Å². The lowest BCUT2D eigenvalue weighted by Crippen LogP contribution is -2.43. The molecule has 1 aliphatic carbocycles. The minimum Gasteiger partial charge on any atom is -0.494 e. The molecular weight excluding hydrogens is 336 g/mol. The predicted molar refractivity (Wildman–Crippen MR) is 102 cm³/mol. The first-order valence-electron chi connectivity index (χ1n) is 9.02. The van der Waals surface area contributed by atoms with Crippen LogP contribution in [-0.4, -0.2) is 52.6 Å². The van der Waals surface area contributed by atoms with Crippen LogP contribution in [0.4, 0.5) is 4.79 Å². The lowest BCUT2D eigenvalue weighted by Gasteiger charge is -2.34. The van der Waals surface area contributed by atoms with Gasteiger partial charge in [0, 0.05) is 19.0 Å². The van der Waals surface area contributed by atoms with Crippen LogP contribution in [0, 0.1) is 5.92 Å². The van der Waals surface area contributed by atoms with Crippen molar-refractivity contribution in [3.8, 4) is 0 Å². The third-order valence-electron chi connectivity index (χ3n) is 4.42. The summed E-state index contributed by atoms with van der Waals surface area (Å²) in [4.78, 5) is 18.7. The van der Waals surface area contributed by atoms with Gasteiger partial charge in [-0.05, 0) is 52.7 Å². The van der Waals surface area contributed by atoms with Crippen LogP contribution < -0.4 is 0 Å². The molecule has 0 spiro atoms. The minimum absolute atomic E-state index is 0.203. The summed E-state index contributed by atoms with van der Waals surface area (Å²) in [6, 6.07) is 0.203. The summed E-state index contributed by atoms with van der Waals surface area (Å²) in [5.41, 5.74) is -0.452. The smallest absolute Gasteiger partial charge is 0.410 e. The van der Waals surface area contributed by atoms with Crippen LogP contribution in [-0.2, 0) is 9.47 Å². The fourth-order valence-corrected chi connectivity index (χ4v) is 4.30. The van der Waals surface area contributed by atoms with Gasteiger partial charge in [-0.25, -0.2) is 4.79 Å². The zero-order valence-electron chi connectivity index (χ0n) is 15.5. The molecule has 1 amide bonds. The van der Waals surface area contributed by atoms with Crippen LogP contribution in [0.1, 0.15) is 40.5 Å². The first-order valence-corrected chi connectivity index (χ1v) is 9.90. The monoisotopic (exact) mass is 364 g/mol. The largest absolute Gasteiger partial charge is 0.494 e. The number of fused-ring (bicyclic) bond motifs is 1. The Kier molecular flexibility index (Phi) is 5.46. The molecule has 0 aromatic carbocycles. The predicted octanol–water partition coefficient (Wildman–Crippen LogP) is 4.01. The molecule has 2 heterocycles. The number of hydrogen-bond donors (Lipinski definition) is 0. The lowest BCUT2D eigenvalue weighted by atomic mass is 9.99. The van der Waals surface area contributed by atoms with Gasteiger partial charge in [0.05, 0.1) is 22.9 Å². The molecule has 6 heteroatoms. The van der Waals surface area contributed by atoms with Gasteiger partial charge in [0.1, 0.15) is 11.4 Å². The number of carbonyl (C=O) groups excluding carboxylic acids is 1. The van der Waals surface area contributed by atoms with Crippen LogP contribution in [0.2, 0.25) is 0 Å². The highest BCUT2D eigenvalue weighted by molar-refractivity contribution is 8.14. The average Bonchev–Trinajstić information content (AvgIpc) is 2.91. The van der Waals surface area contributed by atoms with Crippen LogP contribution >= 0.6 is 11.8 Å². The Morgan fingerprint density at radius 2 is 2.24 bits per heavy atom. The Morgan fingerprint density at radius 3 is 3.00 bits per heavy atom. The van der Waals surface area contributed by atoms with Crippen LogP contribution in [0.15, 0.2) is 29.0 Å². The van der Waals surface area contributed by atoms with Crippen LogP contribution in [0.5, 0.6) is 0 Å². The first kappa shape index (κ1) is 18.4. The molecule has 0 radical (unpaired) electrons. The molecule has 0 bridgehead atoms. The number of rotatable bonds is 3. The molecule has 1 saturated heterocycles. The Morgan fingerprint density at radius 1 is 1.44 bits per heavy atom. The van der Waals surface area contributed by atoms with E-state index in [-0.39, 0.29) is 12.1 Å². The molecule has 0 N–H and O–H groups in total. The molecule has 2 aliphatic heterocycles. The van der Waals surface area contributed by atoms with E-state index in [1.54, 1.807) is 0 Å². The summed E-state index contributed by atoms with van der Waals surface area (Å²) in [5, 5.41) is 1.56. The maximum absolute atomic E-state index is 12.2. The summed E-state index contributed by atoms with van der Waals surface area (Å²) >= 11 is 1.81. The SMILES string of the molecule is CC1=N[C@@H]2C=C(OC[C@@H]3CCCN(C(=O)OC(C)(C)C)C3)C=C[C@@H]2S1. The standard InChI is InChI=1S/C19H28N2O3S/c1-13-20-16-10-15(7-8-17(16)25-13)23-12-14-6-5-9-21(11-14)18(22)24-19(2,3)4/h7-8,10,14,16-17H,5-6,9,11-12H2,1-4H3/t14-,16-,17+/m1/s1. The lowest BCUT2D eigenvalue weighted by molar-refractivity contribution is 0.0119. The number of thioether (sulfide) groups is 1. The third-order valence-corrected chi connectivity index (χ3v) is 5.57. The highest BCUT2D eigenvalue weighted by Crippen LogP contribution is 2.32. The molecule has 0 unspecified atom stereocenters. The number of likely N-dealkylation sites (tertiary alicyclic amines) is 1. The molecule has 3 rings (SSSR count).